The Morgan fingerprint density at radius 1 is 0.444 bits per heavy atom. The fraction of sp³-hybridized carbons (Fsp3) is 0.0588. The lowest BCUT2D eigenvalue weighted by atomic mass is 9.82. The van der Waals surface area contributed by atoms with Crippen LogP contribution >= 0.6 is 0 Å². The van der Waals surface area contributed by atoms with Crippen LogP contribution in [0.25, 0.3) is 77.1 Å². The number of H-pyrrole nitrogens is 1. The third-order valence-corrected chi connectivity index (χ3v) is 11.6. The number of rotatable bonds is 5. The number of fused-ring (bicyclic) bond motifs is 9. The molecule has 0 fully saturated rings. The number of hydrogen-bond acceptors (Lipinski definition) is 2. The van der Waals surface area contributed by atoms with Crippen molar-refractivity contribution in [1.29, 1.82) is 0 Å². The quantitative estimate of drug-likeness (QED) is 0.195. The van der Waals surface area contributed by atoms with E-state index >= 15 is 0 Å². The fourth-order valence-electron chi connectivity index (χ4n) is 8.98. The molecule has 1 aliphatic carbocycles. The highest BCUT2D eigenvalue weighted by atomic mass is 16.3. The smallest absolute Gasteiger partial charge is 0.159 e. The molecular formula is C51H36N2O. The summed E-state index contributed by atoms with van der Waals surface area (Å²) < 4.78 is 7.14. The van der Waals surface area contributed by atoms with Gasteiger partial charge in [0.1, 0.15) is 5.58 Å². The van der Waals surface area contributed by atoms with Crippen molar-refractivity contribution in [3.63, 3.8) is 0 Å². The third-order valence-electron chi connectivity index (χ3n) is 11.6. The van der Waals surface area contributed by atoms with Gasteiger partial charge in [-0.2, -0.15) is 0 Å². The van der Waals surface area contributed by atoms with E-state index < -0.39 is 0 Å². The Bertz CT molecular complexity index is 3070. The first-order chi connectivity index (χ1) is 26.5. The van der Waals surface area contributed by atoms with Crippen LogP contribution in [0.2, 0.25) is 0 Å². The highest BCUT2D eigenvalue weighted by Crippen LogP contribution is 2.51. The number of nitrogens with one attached hydrogen (secondary N) is 1. The van der Waals surface area contributed by atoms with E-state index in [0.29, 0.717) is 0 Å². The third kappa shape index (κ3) is 4.48. The Kier molecular flexibility index (Phi) is 6.60. The molecule has 256 valence electrons. The van der Waals surface area contributed by atoms with Crippen molar-refractivity contribution in [2.24, 2.45) is 0 Å². The van der Waals surface area contributed by atoms with Gasteiger partial charge in [0.25, 0.3) is 0 Å². The SMILES string of the molecule is CC1(C)c2ccccc2-c2ccc(N(c3ccc(-c4ccccc4)cc3)c3cccc4c3oc3c(-c5cccc6c5[nH]c5ccccc56)cccc34)cc21. The van der Waals surface area contributed by atoms with Gasteiger partial charge in [-0.25, -0.2) is 0 Å². The van der Waals surface area contributed by atoms with Crippen molar-refractivity contribution in [2.45, 2.75) is 19.3 Å². The van der Waals surface area contributed by atoms with Crippen molar-refractivity contribution in [3.05, 3.63) is 187 Å². The summed E-state index contributed by atoms with van der Waals surface area (Å²) in [5.74, 6) is 0. The molecule has 10 aromatic rings. The van der Waals surface area contributed by atoms with E-state index in [-0.39, 0.29) is 5.41 Å². The second-order valence-electron chi connectivity index (χ2n) is 15.0. The van der Waals surface area contributed by atoms with E-state index in [1.54, 1.807) is 0 Å². The lowest BCUT2D eigenvalue weighted by Crippen LogP contribution is -2.16. The van der Waals surface area contributed by atoms with Crippen LogP contribution in [0.3, 0.4) is 0 Å². The molecule has 0 unspecified atom stereocenters. The summed E-state index contributed by atoms with van der Waals surface area (Å²) in [6.07, 6.45) is 0. The van der Waals surface area contributed by atoms with Crippen LogP contribution in [0.15, 0.2) is 180 Å². The molecule has 0 atom stereocenters. The zero-order valence-electron chi connectivity index (χ0n) is 30.1. The van der Waals surface area contributed by atoms with Crippen LogP contribution in [-0.2, 0) is 5.41 Å². The van der Waals surface area contributed by atoms with E-state index in [1.165, 1.54) is 44.2 Å². The summed E-state index contributed by atoms with van der Waals surface area (Å²) in [6.45, 7) is 4.69. The average molecular weight is 693 g/mol. The number of furan rings is 1. The predicted octanol–water partition coefficient (Wildman–Crippen LogP) is 14.3. The number of anilines is 3. The minimum absolute atomic E-state index is 0.130. The normalized spacial score (nSPS) is 13.1. The molecule has 0 bridgehead atoms. The van der Waals surface area contributed by atoms with Crippen LogP contribution in [0.1, 0.15) is 25.0 Å². The highest BCUT2D eigenvalue weighted by molar-refractivity contribution is 6.17. The lowest BCUT2D eigenvalue weighted by molar-refractivity contribution is 0.660. The predicted molar refractivity (Wildman–Crippen MR) is 226 cm³/mol. The maximum absolute atomic E-state index is 7.14. The maximum Gasteiger partial charge on any atom is 0.159 e. The monoisotopic (exact) mass is 692 g/mol. The topological polar surface area (TPSA) is 32.2 Å². The second-order valence-corrected chi connectivity index (χ2v) is 15.0. The number of hydrogen-bond donors (Lipinski definition) is 1. The van der Waals surface area contributed by atoms with Crippen molar-refractivity contribution >= 4 is 60.8 Å². The molecule has 0 amide bonds. The highest BCUT2D eigenvalue weighted by Gasteiger charge is 2.36. The van der Waals surface area contributed by atoms with Crippen LogP contribution in [0, 0.1) is 0 Å². The molecule has 2 heterocycles. The zero-order chi connectivity index (χ0) is 36.0. The number of aromatic amines is 1. The Morgan fingerprint density at radius 2 is 1.06 bits per heavy atom. The molecule has 3 nitrogen and oxygen atoms in total. The first kappa shape index (κ1) is 30.8. The summed E-state index contributed by atoms with van der Waals surface area (Å²) >= 11 is 0. The number of benzene rings is 8. The molecule has 0 radical (unpaired) electrons. The van der Waals surface area contributed by atoms with Crippen LogP contribution in [0.4, 0.5) is 17.1 Å². The van der Waals surface area contributed by atoms with Gasteiger partial charge in [-0.1, -0.05) is 153 Å². The molecule has 1 N–H and O–H groups in total. The van der Waals surface area contributed by atoms with Gasteiger partial charge in [0.15, 0.2) is 5.58 Å². The fourth-order valence-corrected chi connectivity index (χ4v) is 8.98. The molecule has 3 heteroatoms. The summed E-state index contributed by atoms with van der Waals surface area (Å²) in [7, 11) is 0. The molecule has 2 aromatic heterocycles. The molecule has 0 spiro atoms. The van der Waals surface area contributed by atoms with Gasteiger partial charge in [-0.15, -0.1) is 0 Å². The standard InChI is InChI=1S/C51H36N2O/c1-51(2)44-22-8-6-15-36(44)37-30-29-35(31-45(37)51)53(34-27-25-33(26-28-34)32-13-4-3-5-14-32)47-24-12-21-43-42-20-11-19-41(49(42)54-50(43)47)40-18-10-17-39-38-16-7-9-23-46(38)52-48(39)40/h3-31,52H,1-2H3. The Labute approximate surface area is 313 Å². The van der Waals surface area contributed by atoms with Crippen LogP contribution < -0.4 is 4.90 Å². The number of para-hydroxylation sites is 4. The Hall–Kier alpha value is -6.84. The van der Waals surface area contributed by atoms with Crippen molar-refractivity contribution in [3.8, 4) is 33.4 Å². The van der Waals surface area contributed by atoms with Gasteiger partial charge in [0.05, 0.1) is 11.2 Å². The van der Waals surface area contributed by atoms with E-state index in [0.717, 1.165) is 61.2 Å². The second kappa shape index (κ2) is 11.6. The minimum Gasteiger partial charge on any atom is -0.453 e. The summed E-state index contributed by atoms with van der Waals surface area (Å²) in [5, 5.41) is 4.63. The minimum atomic E-state index is -0.130. The Morgan fingerprint density at radius 3 is 1.91 bits per heavy atom. The average Bonchev–Trinajstić information content (AvgIpc) is 3.87. The van der Waals surface area contributed by atoms with Crippen LogP contribution in [0.5, 0.6) is 0 Å². The van der Waals surface area contributed by atoms with Gasteiger partial charge in [-0.05, 0) is 69.8 Å². The Balaban J connectivity index is 1.13. The molecular weight excluding hydrogens is 657 g/mol. The van der Waals surface area contributed by atoms with E-state index in [2.05, 4.69) is 200 Å². The van der Waals surface area contributed by atoms with Gasteiger partial charge >= 0.3 is 0 Å². The lowest BCUT2D eigenvalue weighted by Gasteiger charge is -2.28. The van der Waals surface area contributed by atoms with Crippen molar-refractivity contribution in [1.82, 2.24) is 4.98 Å². The summed E-state index contributed by atoms with van der Waals surface area (Å²) in [5.41, 5.74) is 16.9. The van der Waals surface area contributed by atoms with E-state index in [4.69, 9.17) is 4.42 Å². The molecule has 0 saturated heterocycles. The maximum atomic E-state index is 7.14. The summed E-state index contributed by atoms with van der Waals surface area (Å²) in [6, 6.07) is 63.4. The molecule has 0 saturated carbocycles. The molecule has 1 aliphatic rings. The first-order valence-electron chi connectivity index (χ1n) is 18.7. The van der Waals surface area contributed by atoms with Gasteiger partial charge in [0.2, 0.25) is 0 Å². The van der Waals surface area contributed by atoms with Crippen molar-refractivity contribution < 1.29 is 4.42 Å². The van der Waals surface area contributed by atoms with E-state index in [9.17, 15) is 0 Å². The van der Waals surface area contributed by atoms with Gasteiger partial charge in [0, 0.05) is 55.0 Å². The molecule has 8 aromatic carbocycles. The molecule has 0 aliphatic heterocycles. The van der Waals surface area contributed by atoms with Crippen molar-refractivity contribution in [2.75, 3.05) is 4.90 Å². The summed E-state index contributed by atoms with van der Waals surface area (Å²) in [4.78, 5) is 6.09. The molecule has 54 heavy (non-hydrogen) atoms. The van der Waals surface area contributed by atoms with E-state index in [1.807, 2.05) is 0 Å². The number of nitrogens with zero attached hydrogens (tertiary/aromatic N) is 1. The first-order valence-corrected chi connectivity index (χ1v) is 18.7. The molecule has 11 rings (SSSR count). The van der Waals surface area contributed by atoms with Crippen LogP contribution in [-0.4, -0.2) is 4.98 Å². The number of aromatic nitrogens is 1. The largest absolute Gasteiger partial charge is 0.453 e. The zero-order valence-corrected chi connectivity index (χ0v) is 30.1. The van der Waals surface area contributed by atoms with Gasteiger partial charge < -0.3 is 14.3 Å². The van der Waals surface area contributed by atoms with Gasteiger partial charge in [-0.3, -0.25) is 0 Å².